The summed E-state index contributed by atoms with van der Waals surface area (Å²) in [5.74, 6) is 0. The van der Waals surface area contributed by atoms with Crippen LogP contribution in [0, 0.1) is 6.29 Å². The molecule has 1 rings (SSSR count). The monoisotopic (exact) mass is 204 g/mol. The van der Waals surface area contributed by atoms with Gasteiger partial charge in [-0.15, -0.1) is 6.42 Å². The molecule has 9 heavy (non-hydrogen) atoms. The molecule has 0 aliphatic carbocycles. The number of halogens is 1. The summed E-state index contributed by atoms with van der Waals surface area (Å²) < 4.78 is 9.99. The van der Waals surface area contributed by atoms with Gasteiger partial charge >= 0.3 is 23.1 Å². The molecule has 0 radical (unpaired) electrons. The van der Waals surface area contributed by atoms with Gasteiger partial charge in [0.05, 0.1) is 0 Å². The van der Waals surface area contributed by atoms with Crippen LogP contribution in [0.25, 0.3) is 0 Å². The molecule has 0 aromatic heterocycles. The van der Waals surface area contributed by atoms with Gasteiger partial charge in [-0.05, 0) is 0 Å². The Kier molecular flexibility index (Phi) is 10.4. The molecule has 0 N–H and O–H groups in total. The van der Waals surface area contributed by atoms with E-state index in [1.165, 1.54) is 0 Å². The summed E-state index contributed by atoms with van der Waals surface area (Å²) in [7, 11) is 0. The Labute approximate surface area is 82.2 Å². The van der Waals surface area contributed by atoms with Crippen LogP contribution in [0.4, 0.5) is 0 Å². The predicted molar refractivity (Wildman–Crippen MR) is 31.2 cm³/mol. The molecule has 0 atom stereocenters. The van der Waals surface area contributed by atoms with Crippen molar-refractivity contribution in [3.8, 4) is 0 Å². The maximum Gasteiger partial charge on any atom is 2.00 e. The molecular weight excluding hydrogens is 196 g/mol. The molecule has 2 nitrogen and oxygen atoms in total. The van der Waals surface area contributed by atoms with E-state index in [1.54, 1.807) is 0 Å². The fraction of sp³-hybridized carbons (Fsp3) is 0.800. The SMILES string of the molecule is CC[C-]1OCCO1.[Br-].[Mg+2]. The summed E-state index contributed by atoms with van der Waals surface area (Å²) in [4.78, 5) is 0. The zero-order valence-electron chi connectivity index (χ0n) is 5.52. The van der Waals surface area contributed by atoms with E-state index < -0.39 is 0 Å². The largest absolute Gasteiger partial charge is 2.00 e. The Morgan fingerprint density at radius 1 is 1.33 bits per heavy atom. The number of rotatable bonds is 1. The molecule has 0 aromatic carbocycles. The molecule has 0 aromatic rings. The van der Waals surface area contributed by atoms with E-state index in [1.807, 2.05) is 6.92 Å². The van der Waals surface area contributed by atoms with Gasteiger partial charge in [0.15, 0.2) is 0 Å². The van der Waals surface area contributed by atoms with E-state index in [2.05, 4.69) is 0 Å². The molecule has 0 unspecified atom stereocenters. The van der Waals surface area contributed by atoms with Crippen molar-refractivity contribution in [3.63, 3.8) is 0 Å². The van der Waals surface area contributed by atoms with Crippen molar-refractivity contribution in [1.82, 2.24) is 0 Å². The molecule has 0 bridgehead atoms. The molecule has 1 fully saturated rings. The molecule has 1 saturated heterocycles. The molecule has 1 heterocycles. The third-order valence-electron chi connectivity index (χ3n) is 0.898. The van der Waals surface area contributed by atoms with Gasteiger partial charge in [-0.3, -0.25) is 0 Å². The minimum absolute atomic E-state index is 0. The van der Waals surface area contributed by atoms with Gasteiger partial charge < -0.3 is 26.5 Å². The van der Waals surface area contributed by atoms with Gasteiger partial charge in [0.2, 0.25) is 0 Å². The van der Waals surface area contributed by atoms with E-state index in [0.717, 1.165) is 25.9 Å². The van der Waals surface area contributed by atoms with Gasteiger partial charge in [0.1, 0.15) is 0 Å². The normalized spacial score (nSPS) is 18.3. The summed E-state index contributed by atoms with van der Waals surface area (Å²) in [6.45, 7) is 3.49. The van der Waals surface area contributed by atoms with Crippen LogP contribution in [0.5, 0.6) is 0 Å². The first-order valence-electron chi connectivity index (χ1n) is 2.55. The summed E-state index contributed by atoms with van der Waals surface area (Å²) in [5.41, 5.74) is 0. The van der Waals surface area contributed by atoms with Gasteiger partial charge in [0.25, 0.3) is 0 Å². The number of hydrogen-bond acceptors (Lipinski definition) is 2. The molecule has 0 spiro atoms. The first kappa shape index (κ1) is 12.8. The minimum atomic E-state index is 0. The average Bonchev–Trinajstić information content (AvgIpc) is 2.14. The zero-order chi connectivity index (χ0) is 5.11. The summed E-state index contributed by atoms with van der Waals surface area (Å²) in [6.07, 6.45) is 1.68. The minimum Gasteiger partial charge on any atom is -1.00 e. The van der Waals surface area contributed by atoms with Crippen molar-refractivity contribution in [3.05, 3.63) is 6.29 Å². The van der Waals surface area contributed by atoms with Crippen molar-refractivity contribution in [1.29, 1.82) is 0 Å². The Balaban J connectivity index is 0. The Morgan fingerprint density at radius 2 is 1.78 bits per heavy atom. The maximum atomic E-state index is 5.00. The van der Waals surface area contributed by atoms with Crippen LogP contribution < -0.4 is 17.0 Å². The van der Waals surface area contributed by atoms with Crippen molar-refractivity contribution in [2.45, 2.75) is 13.3 Å². The average molecular weight is 205 g/mol. The molecular formula is C5H9BrMgO2. The van der Waals surface area contributed by atoms with Crippen LogP contribution in [0.2, 0.25) is 0 Å². The van der Waals surface area contributed by atoms with Gasteiger partial charge in [-0.2, -0.15) is 0 Å². The van der Waals surface area contributed by atoms with Crippen LogP contribution >= 0.6 is 0 Å². The second kappa shape index (κ2) is 7.28. The van der Waals surface area contributed by atoms with Crippen LogP contribution in [0.15, 0.2) is 0 Å². The smallest absolute Gasteiger partial charge is 1.00 e. The first-order valence-corrected chi connectivity index (χ1v) is 2.55. The van der Waals surface area contributed by atoms with Crippen LogP contribution in [0.1, 0.15) is 13.3 Å². The molecule has 0 amide bonds. The van der Waals surface area contributed by atoms with Crippen LogP contribution in [-0.2, 0) is 9.47 Å². The Morgan fingerprint density at radius 3 is 2.00 bits per heavy atom. The number of ether oxygens (including phenoxy) is 2. The third-order valence-corrected chi connectivity index (χ3v) is 0.898. The van der Waals surface area contributed by atoms with Crippen LogP contribution in [0.3, 0.4) is 0 Å². The van der Waals surface area contributed by atoms with E-state index in [9.17, 15) is 0 Å². The Bertz CT molecular complexity index is 56.9. The fourth-order valence-electron chi connectivity index (χ4n) is 0.557. The fourth-order valence-corrected chi connectivity index (χ4v) is 0.557. The molecule has 0 saturated carbocycles. The van der Waals surface area contributed by atoms with Crippen molar-refractivity contribution in [2.75, 3.05) is 13.2 Å². The number of hydrogen-bond donors (Lipinski definition) is 0. The van der Waals surface area contributed by atoms with Crippen molar-refractivity contribution < 1.29 is 26.5 Å². The van der Waals surface area contributed by atoms with Gasteiger partial charge in [-0.25, -0.2) is 0 Å². The van der Waals surface area contributed by atoms with E-state index in [0.29, 0.717) is 0 Å². The predicted octanol–water partition coefficient (Wildman–Crippen LogP) is -2.44. The quantitative estimate of drug-likeness (QED) is 0.350. The molecule has 50 valence electrons. The second-order valence-electron chi connectivity index (χ2n) is 1.42. The zero-order valence-corrected chi connectivity index (χ0v) is 8.52. The van der Waals surface area contributed by atoms with Gasteiger partial charge in [-0.1, -0.05) is 13.2 Å². The van der Waals surface area contributed by atoms with E-state index in [4.69, 9.17) is 9.47 Å². The molecule has 4 heteroatoms. The second-order valence-corrected chi connectivity index (χ2v) is 1.42. The summed E-state index contributed by atoms with van der Waals surface area (Å²) in [5, 5.41) is 0. The topological polar surface area (TPSA) is 18.5 Å². The first-order chi connectivity index (χ1) is 3.43. The van der Waals surface area contributed by atoms with E-state index in [-0.39, 0.29) is 40.0 Å². The maximum absolute atomic E-state index is 5.00. The van der Waals surface area contributed by atoms with Gasteiger partial charge in [0, 0.05) is 13.2 Å². The van der Waals surface area contributed by atoms with Crippen molar-refractivity contribution >= 4 is 23.1 Å². The van der Waals surface area contributed by atoms with Crippen molar-refractivity contribution in [2.24, 2.45) is 0 Å². The van der Waals surface area contributed by atoms with E-state index >= 15 is 0 Å². The Hall–Kier alpha value is 1.17. The van der Waals surface area contributed by atoms with Crippen LogP contribution in [-0.4, -0.2) is 36.3 Å². The standard InChI is InChI=1S/C5H9O2.BrH.Mg/c1-2-5-6-3-4-7-5;;/h2-4H2,1H3;1H;/q-1;;+2/p-1. The summed E-state index contributed by atoms with van der Waals surface area (Å²) >= 11 is 0. The molecule has 1 aliphatic heterocycles. The third kappa shape index (κ3) is 4.55. The molecule has 1 aliphatic rings. The summed E-state index contributed by atoms with van der Waals surface area (Å²) in [6, 6.07) is 0.